The third-order valence-corrected chi connectivity index (χ3v) is 2.58. The number of benzene rings is 1. The number of anilines is 1. The average molecular weight is 294 g/mol. The molecule has 0 fully saturated rings. The number of rotatable bonds is 6. The number of hydrogen-bond donors (Lipinski definition) is 1. The van der Waals surface area contributed by atoms with Crippen LogP contribution in [0.4, 0.5) is 14.5 Å². The molecule has 1 aromatic rings. The van der Waals surface area contributed by atoms with Crippen molar-refractivity contribution in [1.82, 2.24) is 0 Å². The number of hydrogen-bond acceptors (Lipinski definition) is 3. The summed E-state index contributed by atoms with van der Waals surface area (Å²) in [6.45, 7) is 1.92. The SMILES string of the molecule is CCOC(=O)C(CCC(F)F)c1ccc(N)cc1.Cl. The Labute approximate surface area is 117 Å². The van der Waals surface area contributed by atoms with Gasteiger partial charge in [-0.15, -0.1) is 12.4 Å². The molecule has 1 aromatic carbocycles. The number of alkyl halides is 2. The molecule has 6 heteroatoms. The molecule has 1 atom stereocenters. The molecule has 2 N–H and O–H groups in total. The van der Waals surface area contributed by atoms with E-state index in [4.69, 9.17) is 10.5 Å². The van der Waals surface area contributed by atoms with Crippen molar-refractivity contribution < 1.29 is 18.3 Å². The lowest BCUT2D eigenvalue weighted by Gasteiger charge is -2.15. The van der Waals surface area contributed by atoms with Crippen LogP contribution in [0.5, 0.6) is 0 Å². The summed E-state index contributed by atoms with van der Waals surface area (Å²) in [7, 11) is 0. The van der Waals surface area contributed by atoms with E-state index in [0.717, 1.165) is 0 Å². The van der Waals surface area contributed by atoms with Gasteiger partial charge >= 0.3 is 5.97 Å². The molecule has 0 amide bonds. The van der Waals surface area contributed by atoms with Crippen molar-refractivity contribution in [2.45, 2.75) is 32.1 Å². The zero-order valence-electron chi connectivity index (χ0n) is 10.6. The second kappa shape index (κ2) is 8.69. The normalized spacial score (nSPS) is 11.8. The summed E-state index contributed by atoms with van der Waals surface area (Å²) in [6.07, 6.45) is -2.68. The number of carbonyl (C=O) groups excluding carboxylic acids is 1. The van der Waals surface area contributed by atoms with E-state index in [2.05, 4.69) is 0 Å². The fourth-order valence-electron chi connectivity index (χ4n) is 1.68. The monoisotopic (exact) mass is 293 g/mol. The Morgan fingerprint density at radius 3 is 2.32 bits per heavy atom. The van der Waals surface area contributed by atoms with Crippen LogP contribution in [0.25, 0.3) is 0 Å². The maximum Gasteiger partial charge on any atom is 0.313 e. The Morgan fingerprint density at radius 2 is 1.84 bits per heavy atom. The topological polar surface area (TPSA) is 52.3 Å². The highest BCUT2D eigenvalue weighted by Gasteiger charge is 2.23. The summed E-state index contributed by atoms with van der Waals surface area (Å²) in [5.41, 5.74) is 6.77. The lowest BCUT2D eigenvalue weighted by molar-refractivity contribution is -0.145. The Balaban J connectivity index is 0.00000324. The summed E-state index contributed by atoms with van der Waals surface area (Å²) < 4.78 is 29.4. The van der Waals surface area contributed by atoms with Crippen LogP contribution < -0.4 is 5.73 Å². The molecule has 0 aliphatic carbocycles. The maximum atomic E-state index is 12.3. The first-order valence-corrected chi connectivity index (χ1v) is 5.84. The minimum Gasteiger partial charge on any atom is -0.466 e. The first-order chi connectivity index (χ1) is 8.54. The van der Waals surface area contributed by atoms with Gasteiger partial charge in [0, 0.05) is 12.1 Å². The van der Waals surface area contributed by atoms with E-state index in [9.17, 15) is 13.6 Å². The highest BCUT2D eigenvalue weighted by atomic mass is 35.5. The molecule has 0 saturated heterocycles. The lowest BCUT2D eigenvalue weighted by Crippen LogP contribution is -2.17. The van der Waals surface area contributed by atoms with Crippen LogP contribution in [0, 0.1) is 0 Å². The van der Waals surface area contributed by atoms with Gasteiger partial charge in [-0.1, -0.05) is 12.1 Å². The zero-order chi connectivity index (χ0) is 13.5. The Morgan fingerprint density at radius 1 is 1.26 bits per heavy atom. The van der Waals surface area contributed by atoms with E-state index in [1.807, 2.05) is 0 Å². The van der Waals surface area contributed by atoms with E-state index in [1.165, 1.54) is 0 Å². The molecular weight excluding hydrogens is 276 g/mol. The molecule has 108 valence electrons. The highest BCUT2D eigenvalue weighted by Crippen LogP contribution is 2.25. The second-order valence-corrected chi connectivity index (χ2v) is 3.94. The van der Waals surface area contributed by atoms with Gasteiger partial charge in [-0.2, -0.15) is 0 Å². The van der Waals surface area contributed by atoms with E-state index in [0.29, 0.717) is 11.3 Å². The van der Waals surface area contributed by atoms with Crippen LogP contribution in [-0.2, 0) is 9.53 Å². The summed E-state index contributed by atoms with van der Waals surface area (Å²) in [5.74, 6) is -1.12. The molecule has 3 nitrogen and oxygen atoms in total. The largest absolute Gasteiger partial charge is 0.466 e. The Hall–Kier alpha value is -1.36. The van der Waals surface area contributed by atoms with Crippen LogP contribution in [0.1, 0.15) is 31.2 Å². The molecule has 19 heavy (non-hydrogen) atoms. The second-order valence-electron chi connectivity index (χ2n) is 3.94. The van der Waals surface area contributed by atoms with Crippen molar-refractivity contribution >= 4 is 24.1 Å². The highest BCUT2D eigenvalue weighted by molar-refractivity contribution is 5.85. The van der Waals surface area contributed by atoms with Gasteiger partial charge in [0.15, 0.2) is 0 Å². The summed E-state index contributed by atoms with van der Waals surface area (Å²) in [4.78, 5) is 11.7. The van der Waals surface area contributed by atoms with Crippen molar-refractivity contribution in [3.63, 3.8) is 0 Å². The number of nitrogens with two attached hydrogens (primary N) is 1. The van der Waals surface area contributed by atoms with Crippen LogP contribution in [0.15, 0.2) is 24.3 Å². The van der Waals surface area contributed by atoms with Gasteiger partial charge in [0.25, 0.3) is 0 Å². The first kappa shape index (κ1) is 17.6. The van der Waals surface area contributed by atoms with Gasteiger partial charge < -0.3 is 10.5 Å². The van der Waals surface area contributed by atoms with Crippen LogP contribution in [0.2, 0.25) is 0 Å². The molecule has 0 bridgehead atoms. The molecule has 0 radical (unpaired) electrons. The van der Waals surface area contributed by atoms with Crippen molar-refractivity contribution in [2.75, 3.05) is 12.3 Å². The van der Waals surface area contributed by atoms with Crippen molar-refractivity contribution in [3.05, 3.63) is 29.8 Å². The van der Waals surface area contributed by atoms with Gasteiger partial charge in [0.2, 0.25) is 6.43 Å². The smallest absolute Gasteiger partial charge is 0.313 e. The van der Waals surface area contributed by atoms with Gasteiger partial charge in [-0.05, 0) is 31.0 Å². The third kappa shape index (κ3) is 5.87. The maximum absolute atomic E-state index is 12.3. The fraction of sp³-hybridized carbons (Fsp3) is 0.462. The van der Waals surface area contributed by atoms with E-state index < -0.39 is 18.3 Å². The standard InChI is InChI=1S/C13H17F2NO2.ClH/c1-2-18-13(17)11(7-8-12(14)15)9-3-5-10(16)6-4-9;/h3-6,11-12H,2,7-8,16H2,1H3;1H. The van der Waals surface area contributed by atoms with E-state index in [-0.39, 0.29) is 31.9 Å². The quantitative estimate of drug-likeness (QED) is 0.646. The third-order valence-electron chi connectivity index (χ3n) is 2.58. The molecule has 1 rings (SSSR count). The minimum atomic E-state index is -2.42. The minimum absolute atomic E-state index is 0. The van der Waals surface area contributed by atoms with E-state index >= 15 is 0 Å². The predicted molar refractivity (Wildman–Crippen MR) is 72.7 cm³/mol. The number of halogens is 3. The summed E-state index contributed by atoms with van der Waals surface area (Å²) in [5, 5.41) is 0. The van der Waals surface area contributed by atoms with Crippen molar-refractivity contribution in [2.24, 2.45) is 0 Å². The zero-order valence-corrected chi connectivity index (χ0v) is 11.5. The number of carbonyl (C=O) groups is 1. The molecular formula is C13H18ClF2NO2. The van der Waals surface area contributed by atoms with E-state index in [1.54, 1.807) is 31.2 Å². The van der Waals surface area contributed by atoms with Gasteiger partial charge in [-0.25, -0.2) is 8.78 Å². The Kier molecular flexibility index (Phi) is 8.07. The van der Waals surface area contributed by atoms with Gasteiger partial charge in [0.1, 0.15) is 0 Å². The van der Waals surface area contributed by atoms with Crippen LogP contribution in [-0.4, -0.2) is 19.0 Å². The molecule has 0 saturated carbocycles. The van der Waals surface area contributed by atoms with Crippen LogP contribution in [0.3, 0.4) is 0 Å². The van der Waals surface area contributed by atoms with Gasteiger partial charge in [-0.3, -0.25) is 4.79 Å². The predicted octanol–water partition coefficient (Wildman–Crippen LogP) is 3.38. The molecule has 0 aromatic heterocycles. The Bertz CT molecular complexity index is 385. The molecule has 0 aliphatic rings. The number of ether oxygens (including phenoxy) is 1. The molecule has 0 heterocycles. The fourth-order valence-corrected chi connectivity index (χ4v) is 1.68. The molecule has 0 aliphatic heterocycles. The summed E-state index contributed by atoms with van der Waals surface area (Å²) >= 11 is 0. The van der Waals surface area contributed by atoms with Gasteiger partial charge in [0.05, 0.1) is 12.5 Å². The number of esters is 1. The van der Waals surface area contributed by atoms with Crippen LogP contribution >= 0.6 is 12.4 Å². The van der Waals surface area contributed by atoms with Crippen molar-refractivity contribution in [3.8, 4) is 0 Å². The average Bonchev–Trinajstić information content (AvgIpc) is 2.31. The number of nitrogen functional groups attached to an aromatic ring is 1. The lowest BCUT2D eigenvalue weighted by atomic mass is 9.94. The molecule has 0 spiro atoms. The van der Waals surface area contributed by atoms with Crippen molar-refractivity contribution in [1.29, 1.82) is 0 Å². The first-order valence-electron chi connectivity index (χ1n) is 5.84. The molecule has 1 unspecified atom stereocenters. The summed E-state index contributed by atoms with van der Waals surface area (Å²) in [6, 6.07) is 6.62.